The number of nitrogens with zero attached hydrogens (tertiary/aromatic N) is 2. The van der Waals surface area contributed by atoms with Crippen molar-refractivity contribution in [2.75, 3.05) is 0 Å². The largest absolute Gasteiger partial charge is 0.431 e. The number of hydrogen-bond donors (Lipinski definition) is 1. The van der Waals surface area contributed by atoms with Crippen LogP contribution >= 0.6 is 11.8 Å². The fourth-order valence-electron chi connectivity index (χ4n) is 1.71. The van der Waals surface area contributed by atoms with Gasteiger partial charge in [0.25, 0.3) is 5.22 Å². The lowest BCUT2D eigenvalue weighted by Gasteiger charge is -2.04. The van der Waals surface area contributed by atoms with E-state index in [1.165, 1.54) is 11.8 Å². The molecule has 1 aromatic carbocycles. The number of para-hydroxylation sites is 2. The van der Waals surface area contributed by atoms with Gasteiger partial charge in [-0.05, 0) is 42.4 Å². The second-order valence-corrected chi connectivity index (χ2v) is 5.24. The minimum Gasteiger partial charge on any atom is -0.431 e. The lowest BCUT2D eigenvalue weighted by Crippen LogP contribution is -2.04. The Labute approximate surface area is 115 Å². The molecule has 0 spiro atoms. The zero-order valence-corrected chi connectivity index (χ0v) is 11.2. The average molecular weight is 271 g/mol. The van der Waals surface area contributed by atoms with Gasteiger partial charge in [-0.15, -0.1) is 0 Å². The van der Waals surface area contributed by atoms with Gasteiger partial charge in [-0.25, -0.2) is 9.97 Å². The smallest absolute Gasteiger partial charge is 0.263 e. The fourth-order valence-corrected chi connectivity index (χ4v) is 2.40. The Morgan fingerprint density at radius 2 is 2.05 bits per heavy atom. The Bertz CT molecular complexity index is 658. The van der Waals surface area contributed by atoms with Crippen molar-refractivity contribution in [1.29, 1.82) is 0 Å². The Hall–Kier alpha value is -1.85. The molecule has 0 unspecified atom stereocenters. The zero-order chi connectivity index (χ0) is 13.2. The van der Waals surface area contributed by atoms with Gasteiger partial charge < -0.3 is 10.2 Å². The van der Waals surface area contributed by atoms with E-state index in [9.17, 15) is 0 Å². The van der Waals surface area contributed by atoms with Crippen LogP contribution in [0, 0.1) is 0 Å². The van der Waals surface area contributed by atoms with Crippen molar-refractivity contribution in [3.63, 3.8) is 0 Å². The van der Waals surface area contributed by atoms with E-state index in [2.05, 4.69) is 9.97 Å². The van der Waals surface area contributed by atoms with Gasteiger partial charge in [-0.3, -0.25) is 0 Å². The van der Waals surface area contributed by atoms with E-state index in [1.54, 1.807) is 6.20 Å². The van der Waals surface area contributed by atoms with Crippen molar-refractivity contribution in [2.45, 2.75) is 23.2 Å². The molecule has 4 nitrogen and oxygen atoms in total. The van der Waals surface area contributed by atoms with E-state index >= 15 is 0 Å². The van der Waals surface area contributed by atoms with Crippen LogP contribution in [0.15, 0.2) is 57.3 Å². The van der Waals surface area contributed by atoms with Gasteiger partial charge in [0.1, 0.15) is 10.5 Å². The van der Waals surface area contributed by atoms with E-state index in [4.69, 9.17) is 10.2 Å². The van der Waals surface area contributed by atoms with Crippen LogP contribution in [0.2, 0.25) is 0 Å². The van der Waals surface area contributed by atoms with Crippen LogP contribution in [-0.4, -0.2) is 9.97 Å². The van der Waals surface area contributed by atoms with Gasteiger partial charge in [-0.1, -0.05) is 18.2 Å². The molecule has 2 N–H and O–H groups in total. The number of aromatic nitrogens is 2. The molecule has 1 atom stereocenters. The highest BCUT2D eigenvalue weighted by Crippen LogP contribution is 2.28. The van der Waals surface area contributed by atoms with Crippen LogP contribution in [0.3, 0.4) is 0 Å². The van der Waals surface area contributed by atoms with E-state index in [1.807, 2.05) is 43.3 Å². The summed E-state index contributed by atoms with van der Waals surface area (Å²) in [5.41, 5.74) is 8.45. The van der Waals surface area contributed by atoms with Gasteiger partial charge >= 0.3 is 0 Å². The van der Waals surface area contributed by atoms with E-state index in [0.717, 1.165) is 21.7 Å². The molecule has 96 valence electrons. The first-order valence-corrected chi connectivity index (χ1v) is 6.79. The van der Waals surface area contributed by atoms with Gasteiger partial charge in [-0.2, -0.15) is 0 Å². The summed E-state index contributed by atoms with van der Waals surface area (Å²) < 4.78 is 5.64. The molecule has 5 heteroatoms. The third kappa shape index (κ3) is 2.62. The second kappa shape index (κ2) is 5.03. The van der Waals surface area contributed by atoms with Crippen LogP contribution in [0.1, 0.15) is 18.5 Å². The summed E-state index contributed by atoms with van der Waals surface area (Å²) in [6, 6.07) is 11.6. The molecule has 19 heavy (non-hydrogen) atoms. The van der Waals surface area contributed by atoms with Crippen molar-refractivity contribution in [3.05, 3.63) is 48.2 Å². The second-order valence-electron chi connectivity index (χ2n) is 4.27. The summed E-state index contributed by atoms with van der Waals surface area (Å²) in [5.74, 6) is 0. The number of pyridine rings is 1. The maximum Gasteiger partial charge on any atom is 0.263 e. The topological polar surface area (TPSA) is 64.9 Å². The Morgan fingerprint density at radius 3 is 2.74 bits per heavy atom. The molecular weight excluding hydrogens is 258 g/mol. The van der Waals surface area contributed by atoms with E-state index < -0.39 is 0 Å². The molecule has 0 aliphatic heterocycles. The van der Waals surface area contributed by atoms with E-state index in [-0.39, 0.29) is 6.04 Å². The van der Waals surface area contributed by atoms with Crippen LogP contribution in [0.25, 0.3) is 11.1 Å². The predicted molar refractivity (Wildman–Crippen MR) is 75.0 cm³/mol. The van der Waals surface area contributed by atoms with Gasteiger partial charge in [0.2, 0.25) is 0 Å². The van der Waals surface area contributed by atoms with Crippen LogP contribution in [0.5, 0.6) is 0 Å². The summed E-state index contributed by atoms with van der Waals surface area (Å²) >= 11 is 1.40. The van der Waals surface area contributed by atoms with E-state index in [0.29, 0.717) is 5.22 Å². The maximum atomic E-state index is 5.79. The third-order valence-electron chi connectivity index (χ3n) is 2.75. The van der Waals surface area contributed by atoms with Crippen molar-refractivity contribution in [1.82, 2.24) is 9.97 Å². The molecule has 3 aromatic rings. The van der Waals surface area contributed by atoms with Crippen molar-refractivity contribution >= 4 is 22.9 Å². The van der Waals surface area contributed by atoms with Crippen molar-refractivity contribution in [3.8, 4) is 0 Å². The van der Waals surface area contributed by atoms with Crippen molar-refractivity contribution < 1.29 is 4.42 Å². The molecule has 0 radical (unpaired) electrons. The van der Waals surface area contributed by atoms with Crippen LogP contribution in [-0.2, 0) is 0 Å². The Kier molecular flexibility index (Phi) is 3.23. The first-order chi connectivity index (χ1) is 9.22. The van der Waals surface area contributed by atoms with Crippen molar-refractivity contribution in [2.24, 2.45) is 5.73 Å². The first-order valence-electron chi connectivity index (χ1n) is 5.97. The lowest BCUT2D eigenvalue weighted by atomic mass is 10.2. The van der Waals surface area contributed by atoms with Gasteiger partial charge in [0, 0.05) is 12.2 Å². The molecule has 3 rings (SSSR count). The number of benzene rings is 1. The summed E-state index contributed by atoms with van der Waals surface area (Å²) in [6.07, 6.45) is 1.79. The summed E-state index contributed by atoms with van der Waals surface area (Å²) in [6.45, 7) is 1.94. The average Bonchev–Trinajstić information content (AvgIpc) is 2.81. The molecule has 2 heterocycles. The minimum atomic E-state index is -0.00382. The SMILES string of the molecule is C[C@H](N)c1ccc(Sc2nc3ccccc3o2)nc1. The summed E-state index contributed by atoms with van der Waals surface area (Å²) in [4.78, 5) is 8.75. The monoisotopic (exact) mass is 271 g/mol. The van der Waals surface area contributed by atoms with Gasteiger partial charge in [0.15, 0.2) is 5.58 Å². The summed E-state index contributed by atoms with van der Waals surface area (Å²) in [7, 11) is 0. The molecular formula is C14H13N3OS. The molecule has 0 saturated carbocycles. The highest BCUT2D eigenvalue weighted by Gasteiger charge is 2.08. The molecule has 0 aliphatic carbocycles. The lowest BCUT2D eigenvalue weighted by molar-refractivity contribution is 0.489. The number of hydrogen-bond acceptors (Lipinski definition) is 5. The molecule has 0 bridgehead atoms. The molecule has 2 aromatic heterocycles. The summed E-state index contributed by atoms with van der Waals surface area (Å²) in [5, 5.41) is 1.44. The number of oxazole rings is 1. The van der Waals surface area contributed by atoms with Gasteiger partial charge in [0.05, 0.1) is 0 Å². The Balaban J connectivity index is 1.84. The molecule has 0 saturated heterocycles. The Morgan fingerprint density at radius 1 is 1.21 bits per heavy atom. The number of rotatable bonds is 3. The molecule has 0 aliphatic rings. The van der Waals surface area contributed by atoms with Crippen LogP contribution in [0.4, 0.5) is 0 Å². The fraction of sp³-hybridized carbons (Fsp3) is 0.143. The molecule has 0 fully saturated rings. The number of fused-ring (bicyclic) bond motifs is 1. The maximum absolute atomic E-state index is 5.79. The van der Waals surface area contributed by atoms with Crippen LogP contribution < -0.4 is 5.73 Å². The minimum absolute atomic E-state index is 0.00382. The predicted octanol–water partition coefficient (Wildman–Crippen LogP) is 3.39. The normalized spacial score (nSPS) is 12.7. The highest BCUT2D eigenvalue weighted by atomic mass is 32.2. The standard InChI is InChI=1S/C14H13N3OS/c1-9(15)10-6-7-13(16-8-10)19-14-17-11-4-2-3-5-12(11)18-14/h2-9H,15H2,1H3/t9-/m0/s1. The highest BCUT2D eigenvalue weighted by molar-refractivity contribution is 7.99. The third-order valence-corrected chi connectivity index (χ3v) is 3.55. The zero-order valence-electron chi connectivity index (χ0n) is 10.4. The quantitative estimate of drug-likeness (QED) is 0.791. The number of nitrogens with two attached hydrogens (primary N) is 1. The first kappa shape index (κ1) is 12.2. The molecule has 0 amide bonds.